The fraction of sp³-hybridized carbons (Fsp3) is 0.222. The van der Waals surface area contributed by atoms with Gasteiger partial charge < -0.3 is 5.73 Å². The van der Waals surface area contributed by atoms with E-state index in [2.05, 4.69) is 34.0 Å². The molecule has 80 valence electrons. The molecule has 0 saturated carbocycles. The Kier molecular flexibility index (Phi) is 3.04. The van der Waals surface area contributed by atoms with Gasteiger partial charge in [-0.2, -0.15) is 5.10 Å². The number of anilines is 1. The van der Waals surface area contributed by atoms with E-state index >= 15 is 0 Å². The van der Waals surface area contributed by atoms with Gasteiger partial charge in [0.15, 0.2) is 0 Å². The summed E-state index contributed by atoms with van der Waals surface area (Å²) in [6.07, 6.45) is 1.56. The predicted molar refractivity (Wildman–Crippen MR) is 67.5 cm³/mol. The molecule has 0 aliphatic heterocycles. The highest BCUT2D eigenvalue weighted by molar-refractivity contribution is 9.10. The number of aromatic nitrogens is 2. The lowest BCUT2D eigenvalue weighted by atomic mass is 10.4. The van der Waals surface area contributed by atoms with Crippen molar-refractivity contribution in [1.29, 1.82) is 0 Å². The number of nitrogens with two attached hydrogens (primary N) is 1. The van der Waals surface area contributed by atoms with E-state index in [1.54, 1.807) is 22.2 Å². The third kappa shape index (κ3) is 2.19. The first kappa shape index (κ1) is 11.0. The number of hydrogen-bond donors (Lipinski definition) is 1. The van der Waals surface area contributed by atoms with Crippen molar-refractivity contribution in [3.63, 3.8) is 0 Å². The largest absolute Gasteiger partial charge is 0.383 e. The van der Waals surface area contributed by atoms with Crippen molar-refractivity contribution in [3.8, 4) is 0 Å². The van der Waals surface area contributed by atoms with E-state index in [9.17, 15) is 0 Å². The summed E-state index contributed by atoms with van der Waals surface area (Å²) in [5, 5.41) is 4.60. The van der Waals surface area contributed by atoms with Crippen LogP contribution in [0.2, 0.25) is 5.02 Å². The predicted octanol–water partition coefficient (Wildman–Crippen LogP) is 3.30. The van der Waals surface area contributed by atoms with Crippen LogP contribution in [-0.2, 0) is 6.54 Å². The third-order valence-corrected chi connectivity index (χ3v) is 4.46. The second kappa shape index (κ2) is 4.15. The average molecular weight is 307 g/mol. The van der Waals surface area contributed by atoms with Crippen molar-refractivity contribution in [2.45, 2.75) is 13.5 Å². The second-order valence-corrected chi connectivity index (χ2v) is 5.75. The quantitative estimate of drug-likeness (QED) is 0.925. The first-order valence-electron chi connectivity index (χ1n) is 4.29. The van der Waals surface area contributed by atoms with Gasteiger partial charge in [0.1, 0.15) is 10.8 Å². The van der Waals surface area contributed by atoms with Gasteiger partial charge in [-0.15, -0.1) is 11.3 Å². The molecule has 2 N–H and O–H groups in total. The molecule has 2 heterocycles. The molecule has 15 heavy (non-hydrogen) atoms. The second-order valence-electron chi connectivity index (χ2n) is 3.15. The fourth-order valence-corrected chi connectivity index (χ4v) is 2.97. The van der Waals surface area contributed by atoms with Crippen molar-refractivity contribution < 1.29 is 0 Å². The Morgan fingerprint density at radius 3 is 2.87 bits per heavy atom. The Morgan fingerprint density at radius 2 is 2.40 bits per heavy atom. The number of nitrogen functional groups attached to an aromatic ring is 1. The summed E-state index contributed by atoms with van der Waals surface area (Å²) in [6, 6.07) is 2.08. The first-order valence-corrected chi connectivity index (χ1v) is 6.28. The molecule has 2 aromatic heterocycles. The summed E-state index contributed by atoms with van der Waals surface area (Å²) in [6.45, 7) is 2.73. The monoisotopic (exact) mass is 305 g/mol. The topological polar surface area (TPSA) is 43.8 Å². The van der Waals surface area contributed by atoms with E-state index in [0.717, 1.165) is 4.47 Å². The van der Waals surface area contributed by atoms with E-state index in [1.807, 2.05) is 0 Å². The van der Waals surface area contributed by atoms with Crippen molar-refractivity contribution in [1.82, 2.24) is 9.78 Å². The highest BCUT2D eigenvalue weighted by Crippen LogP contribution is 2.28. The van der Waals surface area contributed by atoms with Gasteiger partial charge in [-0.05, 0) is 28.9 Å². The van der Waals surface area contributed by atoms with Crippen molar-refractivity contribution >= 4 is 44.7 Å². The highest BCUT2D eigenvalue weighted by atomic mass is 79.9. The number of hydrogen-bond acceptors (Lipinski definition) is 3. The third-order valence-electron chi connectivity index (χ3n) is 2.05. The van der Waals surface area contributed by atoms with Crippen molar-refractivity contribution in [3.05, 3.63) is 31.5 Å². The molecule has 2 rings (SSSR count). The fourth-order valence-electron chi connectivity index (χ4n) is 1.24. The van der Waals surface area contributed by atoms with Crippen LogP contribution in [0.1, 0.15) is 9.75 Å². The molecule has 0 unspecified atom stereocenters. The van der Waals surface area contributed by atoms with Crippen LogP contribution in [0.5, 0.6) is 0 Å². The van der Waals surface area contributed by atoms with Gasteiger partial charge in [0.2, 0.25) is 0 Å². The van der Waals surface area contributed by atoms with Gasteiger partial charge in [-0.1, -0.05) is 11.6 Å². The van der Waals surface area contributed by atoms with Gasteiger partial charge in [0, 0.05) is 14.2 Å². The van der Waals surface area contributed by atoms with Crippen LogP contribution in [0.4, 0.5) is 5.82 Å². The normalized spacial score (nSPS) is 10.9. The van der Waals surface area contributed by atoms with Crippen LogP contribution < -0.4 is 5.73 Å². The first-order chi connectivity index (χ1) is 7.08. The lowest BCUT2D eigenvalue weighted by Crippen LogP contribution is -2.04. The minimum atomic E-state index is 0.502. The molecular formula is C9H9BrClN3S. The van der Waals surface area contributed by atoms with Crippen LogP contribution in [0.15, 0.2) is 16.7 Å². The lowest BCUT2D eigenvalue weighted by molar-refractivity contribution is 0.705. The lowest BCUT2D eigenvalue weighted by Gasteiger charge is -2.00. The summed E-state index contributed by atoms with van der Waals surface area (Å²) in [5.41, 5.74) is 5.76. The molecule has 0 aliphatic carbocycles. The molecule has 0 spiro atoms. The Bertz CT molecular complexity index is 472. The maximum atomic E-state index is 5.82. The molecule has 6 heteroatoms. The number of nitrogens with zero attached hydrogens (tertiary/aromatic N) is 2. The zero-order valence-electron chi connectivity index (χ0n) is 8.00. The molecule has 0 aromatic carbocycles. The zero-order valence-corrected chi connectivity index (χ0v) is 11.2. The molecule has 0 aliphatic rings. The van der Waals surface area contributed by atoms with Gasteiger partial charge in [0.05, 0.1) is 12.7 Å². The van der Waals surface area contributed by atoms with Gasteiger partial charge >= 0.3 is 0 Å². The molecule has 0 radical (unpaired) electrons. The van der Waals surface area contributed by atoms with Crippen LogP contribution in [0.3, 0.4) is 0 Å². The smallest absolute Gasteiger partial charge is 0.140 e. The maximum Gasteiger partial charge on any atom is 0.140 e. The zero-order chi connectivity index (χ0) is 11.0. The maximum absolute atomic E-state index is 5.82. The van der Waals surface area contributed by atoms with Crippen LogP contribution in [-0.4, -0.2) is 9.78 Å². The summed E-state index contributed by atoms with van der Waals surface area (Å²) < 4.78 is 2.82. The Hall–Kier alpha value is -0.520. The van der Waals surface area contributed by atoms with E-state index in [-0.39, 0.29) is 0 Å². The van der Waals surface area contributed by atoms with Crippen molar-refractivity contribution in [2.24, 2.45) is 0 Å². The number of rotatable bonds is 2. The van der Waals surface area contributed by atoms with Crippen LogP contribution in [0, 0.1) is 6.92 Å². The van der Waals surface area contributed by atoms with E-state index in [1.165, 1.54) is 9.75 Å². The molecule has 0 amide bonds. The summed E-state index contributed by atoms with van der Waals surface area (Å²) in [4.78, 5) is 2.45. The minimum absolute atomic E-state index is 0.502. The summed E-state index contributed by atoms with van der Waals surface area (Å²) >= 11 is 11.0. The van der Waals surface area contributed by atoms with Gasteiger partial charge in [-0.25, -0.2) is 4.68 Å². The Morgan fingerprint density at radius 1 is 1.67 bits per heavy atom. The number of aryl methyl sites for hydroxylation is 1. The van der Waals surface area contributed by atoms with Crippen molar-refractivity contribution in [2.75, 3.05) is 5.73 Å². The van der Waals surface area contributed by atoms with Gasteiger partial charge in [-0.3, -0.25) is 0 Å². The molecule has 0 atom stereocenters. The minimum Gasteiger partial charge on any atom is -0.383 e. The molecule has 0 saturated heterocycles. The van der Waals surface area contributed by atoms with E-state index in [0.29, 0.717) is 17.4 Å². The van der Waals surface area contributed by atoms with E-state index in [4.69, 9.17) is 17.3 Å². The van der Waals surface area contributed by atoms with Gasteiger partial charge in [0.25, 0.3) is 0 Å². The Balaban J connectivity index is 2.25. The van der Waals surface area contributed by atoms with Crippen LogP contribution >= 0.6 is 38.9 Å². The molecular weight excluding hydrogens is 298 g/mol. The average Bonchev–Trinajstić information content (AvgIpc) is 2.65. The van der Waals surface area contributed by atoms with Crippen LogP contribution in [0.25, 0.3) is 0 Å². The standard InChI is InChI=1S/C9H9BrClN3S/c1-5-7(10)2-6(15-5)4-14-9(12)8(11)3-13-14/h2-3H,4,12H2,1H3. The SMILES string of the molecule is Cc1sc(Cn2ncc(Cl)c2N)cc1Br. The Labute approximate surface area is 105 Å². The molecule has 0 bridgehead atoms. The number of halogens is 2. The summed E-state index contributed by atoms with van der Waals surface area (Å²) in [5.74, 6) is 0.513. The molecule has 2 aromatic rings. The summed E-state index contributed by atoms with van der Waals surface area (Å²) in [7, 11) is 0. The molecule has 3 nitrogen and oxygen atoms in total. The van der Waals surface area contributed by atoms with E-state index < -0.39 is 0 Å². The molecule has 0 fully saturated rings. The number of thiophene rings is 1. The highest BCUT2D eigenvalue weighted by Gasteiger charge is 2.08.